The van der Waals surface area contributed by atoms with Crippen molar-refractivity contribution in [3.05, 3.63) is 12.2 Å². The molecule has 2 unspecified atom stereocenters. The summed E-state index contributed by atoms with van der Waals surface area (Å²) in [6.45, 7) is 4.62. The minimum absolute atomic E-state index is 0.0418. The summed E-state index contributed by atoms with van der Waals surface area (Å²) in [6, 6.07) is -0.721. The van der Waals surface area contributed by atoms with E-state index >= 15 is 0 Å². The van der Waals surface area contributed by atoms with Crippen molar-refractivity contribution < 1.29 is 38.2 Å². The molecule has 0 aliphatic rings. The van der Waals surface area contributed by atoms with Gasteiger partial charge in [0.2, 0.25) is 0 Å². The molecule has 0 aromatic rings. The lowest BCUT2D eigenvalue weighted by atomic mass is 10.1. The number of carboxylic acid groups (broad SMARTS) is 1. The number of ether oxygens (including phenoxy) is 3. The highest BCUT2D eigenvalue weighted by molar-refractivity contribution is 5.70. The second-order valence-corrected chi connectivity index (χ2v) is 14.5. The van der Waals surface area contributed by atoms with Crippen LogP contribution in [0.15, 0.2) is 12.2 Å². The average molecular weight is 682 g/mol. The third-order valence-electron chi connectivity index (χ3n) is 8.90. The van der Waals surface area contributed by atoms with Crippen molar-refractivity contribution >= 4 is 17.9 Å². The predicted molar refractivity (Wildman–Crippen MR) is 194 cm³/mol. The molecule has 0 bridgehead atoms. The Balaban J connectivity index is 4.36. The molecule has 0 spiro atoms. The van der Waals surface area contributed by atoms with Crippen molar-refractivity contribution in [1.82, 2.24) is 0 Å². The number of aliphatic carboxylic acids is 1. The third kappa shape index (κ3) is 30.2. The van der Waals surface area contributed by atoms with Crippen LogP contribution in [0.2, 0.25) is 0 Å². The molecule has 48 heavy (non-hydrogen) atoms. The van der Waals surface area contributed by atoms with Gasteiger partial charge in [0.1, 0.15) is 12.6 Å². The van der Waals surface area contributed by atoms with Crippen LogP contribution in [0, 0.1) is 0 Å². The number of hydrogen-bond donors (Lipinski definition) is 0. The van der Waals surface area contributed by atoms with Crippen LogP contribution in [0.5, 0.6) is 0 Å². The minimum atomic E-state index is -1.13. The summed E-state index contributed by atoms with van der Waals surface area (Å²) in [7, 11) is 5.40. The fraction of sp³-hybridized carbons (Fsp3) is 0.875. The molecule has 282 valence electrons. The monoisotopic (exact) mass is 682 g/mol. The Morgan fingerprint density at radius 3 is 1.50 bits per heavy atom. The summed E-state index contributed by atoms with van der Waals surface area (Å²) < 4.78 is 17.1. The van der Waals surface area contributed by atoms with Crippen molar-refractivity contribution in [3.8, 4) is 0 Å². The molecule has 0 rings (SSSR count). The van der Waals surface area contributed by atoms with Crippen LogP contribution in [0.1, 0.15) is 174 Å². The normalized spacial score (nSPS) is 13.1. The summed E-state index contributed by atoms with van der Waals surface area (Å²) in [5.41, 5.74) is 0. The summed E-state index contributed by atoms with van der Waals surface area (Å²) in [5.74, 6) is -1.74. The Labute approximate surface area is 295 Å². The second-order valence-electron chi connectivity index (χ2n) is 14.5. The number of likely N-dealkylation sites (N-methyl/N-ethyl adjacent to an activating group) is 1. The third-order valence-corrected chi connectivity index (χ3v) is 8.90. The van der Waals surface area contributed by atoms with E-state index in [2.05, 4.69) is 26.0 Å². The first kappa shape index (κ1) is 46.1. The topological polar surface area (TPSA) is 102 Å². The van der Waals surface area contributed by atoms with Gasteiger partial charge in [-0.05, 0) is 38.5 Å². The van der Waals surface area contributed by atoms with Crippen LogP contribution < -0.4 is 5.11 Å². The highest BCUT2D eigenvalue weighted by atomic mass is 16.6. The lowest BCUT2D eigenvalue weighted by Gasteiger charge is -2.34. The van der Waals surface area contributed by atoms with Gasteiger partial charge in [0.05, 0.1) is 40.3 Å². The van der Waals surface area contributed by atoms with E-state index in [1.165, 1.54) is 89.9 Å². The van der Waals surface area contributed by atoms with Crippen LogP contribution in [0.3, 0.4) is 0 Å². The molecule has 0 saturated carbocycles. The number of rotatable bonds is 35. The first-order valence-electron chi connectivity index (χ1n) is 19.7. The van der Waals surface area contributed by atoms with Gasteiger partial charge >= 0.3 is 11.9 Å². The van der Waals surface area contributed by atoms with Crippen molar-refractivity contribution in [1.29, 1.82) is 0 Å². The van der Waals surface area contributed by atoms with Gasteiger partial charge in [-0.3, -0.25) is 9.59 Å². The summed E-state index contributed by atoms with van der Waals surface area (Å²) in [5, 5.41) is 11.6. The summed E-state index contributed by atoms with van der Waals surface area (Å²) in [6.07, 6.45) is 30.9. The smallest absolute Gasteiger partial charge is 0.306 e. The molecule has 0 aromatic carbocycles. The van der Waals surface area contributed by atoms with Crippen LogP contribution in [-0.4, -0.2) is 75.5 Å². The van der Waals surface area contributed by atoms with Gasteiger partial charge in [-0.2, -0.15) is 0 Å². The molecule has 0 fully saturated rings. The van der Waals surface area contributed by atoms with E-state index < -0.39 is 18.1 Å². The number of quaternary nitrogens is 1. The maximum atomic E-state index is 12.6. The van der Waals surface area contributed by atoms with E-state index in [1.54, 1.807) is 21.1 Å². The molecule has 0 amide bonds. The first-order chi connectivity index (χ1) is 23.1. The zero-order valence-electron chi connectivity index (χ0n) is 31.9. The number of esters is 2. The Hall–Kier alpha value is -1.93. The van der Waals surface area contributed by atoms with Crippen LogP contribution in [-0.2, 0) is 28.6 Å². The predicted octanol–water partition coefficient (Wildman–Crippen LogP) is 8.63. The highest BCUT2D eigenvalue weighted by Gasteiger charge is 2.25. The molecule has 0 radical (unpaired) electrons. The molecular weight excluding hydrogens is 606 g/mol. The van der Waals surface area contributed by atoms with Gasteiger partial charge in [-0.25, -0.2) is 0 Å². The Morgan fingerprint density at radius 1 is 0.604 bits per heavy atom. The maximum absolute atomic E-state index is 12.6. The molecule has 0 heterocycles. The van der Waals surface area contributed by atoms with E-state index in [0.717, 1.165) is 51.4 Å². The number of carbonyl (C=O) groups excluding carboxylic acids is 3. The number of unbranched alkanes of at least 4 members (excludes halogenated alkanes) is 19. The van der Waals surface area contributed by atoms with Gasteiger partial charge < -0.3 is 28.6 Å². The Kier molecular flexibility index (Phi) is 31.0. The van der Waals surface area contributed by atoms with Crippen molar-refractivity contribution in [2.75, 3.05) is 41.0 Å². The van der Waals surface area contributed by atoms with Crippen LogP contribution in [0.4, 0.5) is 0 Å². The molecule has 0 aliphatic heterocycles. The molecular formula is C40H75NO7. The van der Waals surface area contributed by atoms with E-state index in [1.807, 2.05) is 0 Å². The van der Waals surface area contributed by atoms with E-state index in [9.17, 15) is 19.5 Å². The van der Waals surface area contributed by atoms with Crippen molar-refractivity contribution in [2.24, 2.45) is 0 Å². The lowest BCUT2D eigenvalue weighted by molar-refractivity contribution is -0.889. The van der Waals surface area contributed by atoms with Gasteiger partial charge in [0.15, 0.2) is 6.10 Å². The van der Waals surface area contributed by atoms with E-state index in [0.29, 0.717) is 12.8 Å². The zero-order valence-corrected chi connectivity index (χ0v) is 31.9. The fourth-order valence-electron chi connectivity index (χ4n) is 5.77. The largest absolute Gasteiger partial charge is 0.544 e. The Morgan fingerprint density at radius 2 is 1.04 bits per heavy atom. The first-order valence-corrected chi connectivity index (χ1v) is 19.7. The second kappa shape index (κ2) is 32.3. The number of allylic oxidation sites excluding steroid dienone is 2. The Bertz CT molecular complexity index is 808. The van der Waals surface area contributed by atoms with Gasteiger partial charge in [0, 0.05) is 19.3 Å². The van der Waals surface area contributed by atoms with E-state index in [4.69, 9.17) is 14.2 Å². The number of carboxylic acids is 1. The summed E-state index contributed by atoms with van der Waals surface area (Å²) >= 11 is 0. The molecule has 8 heteroatoms. The molecule has 0 N–H and O–H groups in total. The molecule has 2 atom stereocenters. The lowest BCUT2D eigenvalue weighted by Crippen LogP contribution is -2.55. The van der Waals surface area contributed by atoms with Gasteiger partial charge in [-0.1, -0.05) is 129 Å². The average Bonchev–Trinajstić information content (AvgIpc) is 3.03. The number of carbonyl (C=O) groups is 3. The maximum Gasteiger partial charge on any atom is 0.306 e. The molecule has 8 nitrogen and oxygen atoms in total. The quantitative estimate of drug-likeness (QED) is 0.0286. The van der Waals surface area contributed by atoms with E-state index in [-0.39, 0.29) is 42.7 Å². The number of hydrogen-bond acceptors (Lipinski definition) is 7. The van der Waals surface area contributed by atoms with Crippen LogP contribution >= 0.6 is 0 Å². The summed E-state index contributed by atoms with van der Waals surface area (Å²) in [4.78, 5) is 36.6. The fourth-order valence-corrected chi connectivity index (χ4v) is 5.77. The SMILES string of the molecule is CCCCCCCCC/C=C/CCCCCCCC(=O)OC(COCCC(C(=O)[O-])[N+](C)(C)C)COC(=O)CCCCCCCCCC. The highest BCUT2D eigenvalue weighted by Crippen LogP contribution is 2.13. The number of nitrogens with zero attached hydrogens (tertiary/aromatic N) is 1. The standard InChI is InChI=1S/C40H75NO7/c1-6-8-10-12-14-16-17-18-19-20-21-22-23-25-27-29-31-39(43)48-36(34-46-33-32-37(40(44)45)41(3,4)5)35-47-38(42)30-28-26-24-15-13-11-9-7-2/h19-20,36-37H,6-18,21-35H2,1-5H3/b20-19+. The van der Waals surface area contributed by atoms with Crippen molar-refractivity contribution in [3.63, 3.8) is 0 Å². The molecule has 0 aliphatic carbocycles. The van der Waals surface area contributed by atoms with Gasteiger partial charge in [0.25, 0.3) is 0 Å². The molecule has 0 aromatic heterocycles. The van der Waals surface area contributed by atoms with Gasteiger partial charge in [-0.15, -0.1) is 0 Å². The van der Waals surface area contributed by atoms with Crippen molar-refractivity contribution in [2.45, 2.75) is 187 Å². The zero-order chi connectivity index (χ0) is 35.7. The van der Waals surface area contributed by atoms with Crippen LogP contribution in [0.25, 0.3) is 0 Å². The minimum Gasteiger partial charge on any atom is -0.544 e. The molecule has 0 saturated heterocycles.